The molecule has 0 aliphatic rings. The molecule has 0 radical (unpaired) electrons. The maximum Gasteiger partial charge on any atom is 0.152 e. The standard InChI is InChI=1S/C15H28O/c1-5-13(3)9-7-11-15(6-2)12-8-10-14(4)16/h8,10,13,15H,5-7,9,11-12H2,1-4H3/b10-8+. The van der Waals surface area contributed by atoms with Gasteiger partial charge >= 0.3 is 0 Å². The minimum Gasteiger partial charge on any atom is -0.295 e. The summed E-state index contributed by atoms with van der Waals surface area (Å²) in [4.78, 5) is 10.8. The number of hydrogen-bond acceptors (Lipinski definition) is 1. The molecule has 16 heavy (non-hydrogen) atoms. The maximum atomic E-state index is 10.8. The maximum absolute atomic E-state index is 10.8. The SMILES string of the molecule is CCC(C)CCCC(CC)C/C=C/C(C)=O. The number of ketones is 1. The summed E-state index contributed by atoms with van der Waals surface area (Å²) in [6.45, 7) is 8.45. The van der Waals surface area contributed by atoms with Crippen molar-refractivity contribution in [2.45, 2.75) is 66.2 Å². The molecule has 0 N–H and O–H groups in total. The van der Waals surface area contributed by atoms with Gasteiger partial charge in [-0.25, -0.2) is 0 Å². The summed E-state index contributed by atoms with van der Waals surface area (Å²) in [6.07, 6.45) is 11.3. The Hall–Kier alpha value is -0.590. The van der Waals surface area contributed by atoms with Crippen molar-refractivity contribution in [2.24, 2.45) is 11.8 Å². The zero-order valence-corrected chi connectivity index (χ0v) is 11.5. The fourth-order valence-corrected chi connectivity index (χ4v) is 1.87. The van der Waals surface area contributed by atoms with Crippen LogP contribution >= 0.6 is 0 Å². The third-order valence-electron chi connectivity index (χ3n) is 3.41. The molecule has 0 saturated carbocycles. The van der Waals surface area contributed by atoms with Crippen molar-refractivity contribution in [3.63, 3.8) is 0 Å². The van der Waals surface area contributed by atoms with Gasteiger partial charge in [0, 0.05) is 0 Å². The first-order valence-electron chi connectivity index (χ1n) is 6.77. The molecular formula is C15H28O. The van der Waals surface area contributed by atoms with E-state index in [-0.39, 0.29) is 5.78 Å². The molecule has 94 valence electrons. The van der Waals surface area contributed by atoms with Crippen LogP contribution in [0.2, 0.25) is 0 Å². The monoisotopic (exact) mass is 224 g/mol. The van der Waals surface area contributed by atoms with Gasteiger partial charge in [-0.1, -0.05) is 59.0 Å². The lowest BCUT2D eigenvalue weighted by Crippen LogP contribution is -2.00. The fraction of sp³-hybridized carbons (Fsp3) is 0.800. The molecule has 0 spiro atoms. The van der Waals surface area contributed by atoms with E-state index in [1.165, 1.54) is 32.1 Å². The topological polar surface area (TPSA) is 17.1 Å². The van der Waals surface area contributed by atoms with Gasteiger partial charge in [-0.3, -0.25) is 4.79 Å². The molecule has 0 bridgehead atoms. The molecule has 0 amide bonds. The second-order valence-electron chi connectivity index (χ2n) is 4.97. The van der Waals surface area contributed by atoms with Crippen LogP contribution in [-0.4, -0.2) is 5.78 Å². The zero-order valence-electron chi connectivity index (χ0n) is 11.5. The van der Waals surface area contributed by atoms with Crippen LogP contribution in [0.15, 0.2) is 12.2 Å². The smallest absolute Gasteiger partial charge is 0.152 e. The predicted molar refractivity (Wildman–Crippen MR) is 71.5 cm³/mol. The van der Waals surface area contributed by atoms with Crippen molar-refractivity contribution < 1.29 is 4.79 Å². The van der Waals surface area contributed by atoms with E-state index in [1.807, 2.05) is 6.08 Å². The van der Waals surface area contributed by atoms with Crippen LogP contribution in [0.4, 0.5) is 0 Å². The molecule has 0 aliphatic carbocycles. The van der Waals surface area contributed by atoms with Gasteiger partial charge in [-0.15, -0.1) is 0 Å². The van der Waals surface area contributed by atoms with Crippen molar-refractivity contribution in [3.8, 4) is 0 Å². The molecule has 2 unspecified atom stereocenters. The van der Waals surface area contributed by atoms with Crippen LogP contribution in [0.3, 0.4) is 0 Å². The van der Waals surface area contributed by atoms with E-state index < -0.39 is 0 Å². The van der Waals surface area contributed by atoms with Gasteiger partial charge in [0.15, 0.2) is 5.78 Å². The molecule has 0 fully saturated rings. The number of allylic oxidation sites excluding steroid dienone is 2. The highest BCUT2D eigenvalue weighted by atomic mass is 16.1. The molecule has 2 atom stereocenters. The lowest BCUT2D eigenvalue weighted by molar-refractivity contribution is -0.112. The van der Waals surface area contributed by atoms with E-state index in [0.29, 0.717) is 0 Å². The number of carbonyl (C=O) groups excluding carboxylic acids is 1. The molecule has 0 aromatic rings. The summed E-state index contributed by atoms with van der Waals surface area (Å²) in [5, 5.41) is 0. The quantitative estimate of drug-likeness (QED) is 0.516. The Balaban J connectivity index is 3.70. The Morgan fingerprint density at radius 1 is 1.19 bits per heavy atom. The van der Waals surface area contributed by atoms with Gasteiger partial charge < -0.3 is 0 Å². The summed E-state index contributed by atoms with van der Waals surface area (Å²) in [6, 6.07) is 0. The van der Waals surface area contributed by atoms with Crippen LogP contribution < -0.4 is 0 Å². The van der Waals surface area contributed by atoms with Crippen LogP contribution in [-0.2, 0) is 4.79 Å². The number of hydrogen-bond donors (Lipinski definition) is 0. The lowest BCUT2D eigenvalue weighted by Gasteiger charge is -2.14. The normalized spacial score (nSPS) is 15.2. The molecule has 1 heteroatoms. The summed E-state index contributed by atoms with van der Waals surface area (Å²) in [7, 11) is 0. The molecular weight excluding hydrogens is 196 g/mol. The Bertz CT molecular complexity index is 205. The number of rotatable bonds is 9. The highest BCUT2D eigenvalue weighted by molar-refractivity contribution is 5.87. The van der Waals surface area contributed by atoms with E-state index in [0.717, 1.165) is 18.3 Å². The van der Waals surface area contributed by atoms with E-state index in [4.69, 9.17) is 0 Å². The van der Waals surface area contributed by atoms with E-state index >= 15 is 0 Å². The Labute approximate surface area is 101 Å². The van der Waals surface area contributed by atoms with Crippen molar-refractivity contribution in [3.05, 3.63) is 12.2 Å². The molecule has 0 aromatic heterocycles. The largest absolute Gasteiger partial charge is 0.295 e. The van der Waals surface area contributed by atoms with Gasteiger partial charge in [-0.2, -0.15) is 0 Å². The van der Waals surface area contributed by atoms with Gasteiger partial charge in [0.05, 0.1) is 0 Å². The minimum atomic E-state index is 0.162. The molecule has 1 nitrogen and oxygen atoms in total. The Kier molecular flexibility index (Phi) is 9.27. The van der Waals surface area contributed by atoms with Crippen molar-refractivity contribution in [2.75, 3.05) is 0 Å². The zero-order chi connectivity index (χ0) is 12.4. The molecule has 0 heterocycles. The Morgan fingerprint density at radius 2 is 1.88 bits per heavy atom. The van der Waals surface area contributed by atoms with Gasteiger partial charge in [0.1, 0.15) is 0 Å². The highest BCUT2D eigenvalue weighted by Crippen LogP contribution is 2.20. The number of carbonyl (C=O) groups is 1. The van der Waals surface area contributed by atoms with Crippen LogP contribution in [0.25, 0.3) is 0 Å². The summed E-state index contributed by atoms with van der Waals surface area (Å²) >= 11 is 0. The third kappa shape index (κ3) is 8.70. The summed E-state index contributed by atoms with van der Waals surface area (Å²) in [5.41, 5.74) is 0. The molecule has 0 aromatic carbocycles. The predicted octanol–water partition coefficient (Wildman–Crippen LogP) is 4.76. The van der Waals surface area contributed by atoms with Gasteiger partial charge in [0.25, 0.3) is 0 Å². The van der Waals surface area contributed by atoms with Gasteiger partial charge in [0.2, 0.25) is 0 Å². The van der Waals surface area contributed by atoms with E-state index in [2.05, 4.69) is 20.8 Å². The van der Waals surface area contributed by atoms with Crippen LogP contribution in [0.1, 0.15) is 66.2 Å². The highest BCUT2D eigenvalue weighted by Gasteiger charge is 2.05. The lowest BCUT2D eigenvalue weighted by atomic mass is 9.92. The molecule has 0 saturated heterocycles. The summed E-state index contributed by atoms with van der Waals surface area (Å²) < 4.78 is 0. The third-order valence-corrected chi connectivity index (χ3v) is 3.41. The second kappa shape index (κ2) is 9.62. The van der Waals surface area contributed by atoms with Crippen LogP contribution in [0, 0.1) is 11.8 Å². The van der Waals surface area contributed by atoms with Crippen molar-refractivity contribution in [1.82, 2.24) is 0 Å². The second-order valence-corrected chi connectivity index (χ2v) is 4.97. The first-order valence-corrected chi connectivity index (χ1v) is 6.77. The first-order chi connectivity index (χ1) is 7.60. The average Bonchev–Trinajstić information content (AvgIpc) is 2.26. The minimum absolute atomic E-state index is 0.162. The Morgan fingerprint density at radius 3 is 2.38 bits per heavy atom. The average molecular weight is 224 g/mol. The van der Waals surface area contributed by atoms with E-state index in [1.54, 1.807) is 13.0 Å². The first kappa shape index (κ1) is 15.4. The molecule has 0 rings (SSSR count). The molecule has 0 aliphatic heterocycles. The van der Waals surface area contributed by atoms with Crippen molar-refractivity contribution in [1.29, 1.82) is 0 Å². The van der Waals surface area contributed by atoms with Crippen molar-refractivity contribution >= 4 is 5.78 Å². The fourth-order valence-electron chi connectivity index (χ4n) is 1.87. The summed E-state index contributed by atoms with van der Waals surface area (Å²) in [5.74, 6) is 1.79. The van der Waals surface area contributed by atoms with E-state index in [9.17, 15) is 4.79 Å². The van der Waals surface area contributed by atoms with Crippen LogP contribution in [0.5, 0.6) is 0 Å². The van der Waals surface area contributed by atoms with Gasteiger partial charge in [-0.05, 0) is 31.3 Å².